The maximum absolute atomic E-state index is 12.3. The van der Waals surface area contributed by atoms with E-state index in [2.05, 4.69) is 11.0 Å². The molecule has 0 saturated heterocycles. The maximum atomic E-state index is 12.3. The second-order valence-corrected chi connectivity index (χ2v) is 8.81. The fourth-order valence-corrected chi connectivity index (χ4v) is 5.09. The van der Waals surface area contributed by atoms with E-state index < -0.39 is 10.0 Å². The number of anilines is 1. The van der Waals surface area contributed by atoms with Crippen LogP contribution in [-0.2, 0) is 15.8 Å². The lowest BCUT2D eigenvalue weighted by Crippen LogP contribution is -2.42. The van der Waals surface area contributed by atoms with Crippen molar-refractivity contribution in [2.75, 3.05) is 18.5 Å². The summed E-state index contributed by atoms with van der Waals surface area (Å²) in [6.45, 7) is 0.517. The average molecular weight is 329 g/mol. The first-order valence-electron chi connectivity index (χ1n) is 7.32. The second-order valence-electron chi connectivity index (χ2n) is 5.73. The molecule has 6 heteroatoms. The van der Waals surface area contributed by atoms with Crippen LogP contribution in [0.4, 0.5) is 5.69 Å². The van der Waals surface area contributed by atoms with Crippen molar-refractivity contribution in [2.45, 2.75) is 42.6 Å². The largest absolute Gasteiger partial charge is 0.398 e. The lowest BCUT2D eigenvalue weighted by molar-refractivity contribution is 0.395. The van der Waals surface area contributed by atoms with Crippen molar-refractivity contribution >= 4 is 27.5 Å². The van der Waals surface area contributed by atoms with Gasteiger partial charge in [0, 0.05) is 17.0 Å². The van der Waals surface area contributed by atoms with E-state index in [0.29, 0.717) is 17.8 Å². The van der Waals surface area contributed by atoms with Gasteiger partial charge in [-0.1, -0.05) is 37.5 Å². The summed E-state index contributed by atoms with van der Waals surface area (Å²) in [6.07, 6.45) is 7.89. The van der Waals surface area contributed by atoms with Crippen molar-refractivity contribution in [3.05, 3.63) is 29.8 Å². The third kappa shape index (κ3) is 4.63. The van der Waals surface area contributed by atoms with E-state index in [1.54, 1.807) is 23.9 Å². The van der Waals surface area contributed by atoms with Crippen molar-refractivity contribution in [3.8, 4) is 0 Å². The van der Waals surface area contributed by atoms with Gasteiger partial charge in [0.15, 0.2) is 0 Å². The minimum atomic E-state index is -3.35. The molecular weight excluding hydrogens is 304 g/mol. The van der Waals surface area contributed by atoms with Crippen LogP contribution in [0.25, 0.3) is 0 Å². The quantitative estimate of drug-likeness (QED) is 0.788. The van der Waals surface area contributed by atoms with E-state index in [1.807, 2.05) is 12.1 Å². The number of hydrogen-bond acceptors (Lipinski definition) is 4. The van der Waals surface area contributed by atoms with Gasteiger partial charge in [-0.2, -0.15) is 11.8 Å². The minimum Gasteiger partial charge on any atom is -0.398 e. The van der Waals surface area contributed by atoms with Gasteiger partial charge in [0.05, 0.1) is 5.75 Å². The van der Waals surface area contributed by atoms with Crippen molar-refractivity contribution in [1.29, 1.82) is 0 Å². The van der Waals surface area contributed by atoms with Gasteiger partial charge >= 0.3 is 0 Å². The summed E-state index contributed by atoms with van der Waals surface area (Å²) >= 11 is 1.79. The van der Waals surface area contributed by atoms with Crippen LogP contribution in [0.2, 0.25) is 0 Å². The molecule has 0 heterocycles. The Morgan fingerprint density at radius 1 is 1.24 bits per heavy atom. The highest BCUT2D eigenvalue weighted by molar-refractivity contribution is 8.00. The number of nitrogens with one attached hydrogen (secondary N) is 1. The topological polar surface area (TPSA) is 72.2 Å². The number of thioether (sulfide) groups is 1. The number of para-hydroxylation sites is 1. The lowest BCUT2D eigenvalue weighted by Gasteiger charge is -2.35. The highest BCUT2D eigenvalue weighted by Crippen LogP contribution is 2.38. The number of nitrogen functional groups attached to an aromatic ring is 1. The summed E-state index contributed by atoms with van der Waals surface area (Å²) in [4.78, 5) is 0. The maximum Gasteiger partial charge on any atom is 0.215 e. The Bertz CT molecular complexity index is 567. The highest BCUT2D eigenvalue weighted by Gasteiger charge is 2.32. The Morgan fingerprint density at radius 3 is 2.52 bits per heavy atom. The van der Waals surface area contributed by atoms with Crippen LogP contribution in [0.5, 0.6) is 0 Å². The first-order chi connectivity index (χ1) is 9.96. The van der Waals surface area contributed by atoms with E-state index in [4.69, 9.17) is 5.73 Å². The predicted molar refractivity (Wildman–Crippen MR) is 90.8 cm³/mol. The van der Waals surface area contributed by atoms with Crippen molar-refractivity contribution < 1.29 is 8.42 Å². The van der Waals surface area contributed by atoms with Crippen LogP contribution in [-0.4, -0.2) is 26.0 Å². The van der Waals surface area contributed by atoms with Gasteiger partial charge in [0.25, 0.3) is 0 Å². The molecule has 0 radical (unpaired) electrons. The molecule has 21 heavy (non-hydrogen) atoms. The zero-order valence-corrected chi connectivity index (χ0v) is 14.1. The van der Waals surface area contributed by atoms with Crippen molar-refractivity contribution in [3.63, 3.8) is 0 Å². The molecule has 0 bridgehead atoms. The zero-order chi connectivity index (χ0) is 15.3. The molecule has 0 unspecified atom stereocenters. The molecule has 0 spiro atoms. The lowest BCUT2D eigenvalue weighted by atomic mass is 9.88. The van der Waals surface area contributed by atoms with Crippen LogP contribution >= 0.6 is 11.8 Å². The molecule has 118 valence electrons. The first kappa shape index (κ1) is 16.6. The normalized spacial score (nSPS) is 18.5. The summed E-state index contributed by atoms with van der Waals surface area (Å²) in [6, 6.07) is 7.12. The van der Waals surface area contributed by atoms with Gasteiger partial charge in [0.2, 0.25) is 10.0 Å². The zero-order valence-electron chi connectivity index (χ0n) is 12.5. The monoisotopic (exact) mass is 328 g/mol. The fourth-order valence-electron chi connectivity index (χ4n) is 2.81. The van der Waals surface area contributed by atoms with Crippen molar-refractivity contribution in [1.82, 2.24) is 4.72 Å². The molecule has 1 fully saturated rings. The highest BCUT2D eigenvalue weighted by atomic mass is 32.2. The van der Waals surface area contributed by atoms with Crippen LogP contribution in [0, 0.1) is 0 Å². The van der Waals surface area contributed by atoms with Crippen LogP contribution in [0.15, 0.2) is 24.3 Å². The van der Waals surface area contributed by atoms with E-state index in [-0.39, 0.29) is 10.5 Å². The third-order valence-electron chi connectivity index (χ3n) is 4.21. The smallest absolute Gasteiger partial charge is 0.215 e. The number of sulfonamides is 1. The average Bonchev–Trinajstić information content (AvgIpc) is 2.49. The number of benzene rings is 1. The van der Waals surface area contributed by atoms with Gasteiger partial charge in [-0.05, 0) is 30.7 Å². The molecule has 1 aliphatic rings. The van der Waals surface area contributed by atoms with Gasteiger partial charge in [0.1, 0.15) is 0 Å². The second kappa shape index (κ2) is 7.03. The van der Waals surface area contributed by atoms with Crippen LogP contribution in [0.1, 0.15) is 37.7 Å². The Balaban J connectivity index is 1.99. The van der Waals surface area contributed by atoms with E-state index in [1.165, 1.54) is 19.3 Å². The summed E-state index contributed by atoms with van der Waals surface area (Å²) in [5.74, 6) is -0.0515. The fraction of sp³-hybridized carbons (Fsp3) is 0.600. The number of nitrogens with two attached hydrogens (primary N) is 1. The van der Waals surface area contributed by atoms with E-state index >= 15 is 0 Å². The predicted octanol–water partition coefficient (Wildman–Crippen LogP) is 2.75. The molecule has 0 aromatic heterocycles. The Labute approximate surface area is 131 Å². The van der Waals surface area contributed by atoms with Gasteiger partial charge < -0.3 is 5.73 Å². The van der Waals surface area contributed by atoms with Crippen molar-refractivity contribution in [2.24, 2.45) is 0 Å². The molecule has 1 saturated carbocycles. The van der Waals surface area contributed by atoms with Gasteiger partial charge in [-0.15, -0.1) is 0 Å². The van der Waals surface area contributed by atoms with E-state index in [9.17, 15) is 8.42 Å². The molecule has 1 aromatic rings. The minimum absolute atomic E-state index is 0.0515. The number of rotatable bonds is 6. The van der Waals surface area contributed by atoms with Crippen LogP contribution < -0.4 is 10.5 Å². The van der Waals surface area contributed by atoms with Gasteiger partial charge in [-0.3, -0.25) is 0 Å². The summed E-state index contributed by atoms with van der Waals surface area (Å²) in [7, 11) is -3.35. The molecule has 3 N–H and O–H groups in total. The molecule has 2 rings (SSSR count). The molecule has 0 aliphatic heterocycles. The standard InChI is InChI=1S/C15H24N2O2S2/c1-20-15(9-5-2-6-10-15)12-17-21(18,19)11-13-7-3-4-8-14(13)16/h3-4,7-8,17H,2,5-6,9-12,16H2,1H3. The molecule has 4 nitrogen and oxygen atoms in total. The SMILES string of the molecule is CSC1(CNS(=O)(=O)Cc2ccccc2N)CCCCC1. The molecule has 1 aliphatic carbocycles. The van der Waals surface area contributed by atoms with Gasteiger partial charge in [-0.25, -0.2) is 13.1 Å². The van der Waals surface area contributed by atoms with Crippen LogP contribution in [0.3, 0.4) is 0 Å². The summed E-state index contributed by atoms with van der Waals surface area (Å²) in [5.41, 5.74) is 7.01. The Hall–Kier alpha value is -0.720. The summed E-state index contributed by atoms with van der Waals surface area (Å²) in [5, 5.41) is 0. The Kier molecular flexibility index (Phi) is 5.57. The van der Waals surface area contributed by atoms with E-state index in [0.717, 1.165) is 12.8 Å². The molecule has 1 aromatic carbocycles. The molecule has 0 atom stereocenters. The first-order valence-corrected chi connectivity index (χ1v) is 10.2. The Morgan fingerprint density at radius 2 is 1.90 bits per heavy atom. The third-order valence-corrected chi connectivity index (χ3v) is 6.91. The molecule has 0 amide bonds. The molecular formula is C15H24N2O2S2. The number of hydrogen-bond donors (Lipinski definition) is 2. The summed E-state index contributed by atoms with van der Waals surface area (Å²) < 4.78 is 27.4.